The van der Waals surface area contributed by atoms with Crippen LogP contribution >= 0.6 is 0 Å². The van der Waals surface area contributed by atoms with Crippen molar-refractivity contribution in [2.75, 3.05) is 6.79 Å². The Morgan fingerprint density at radius 2 is 2.11 bits per heavy atom. The number of aliphatic imine (C=N–C) groups is 1. The first kappa shape index (κ1) is 12.1. The summed E-state index contributed by atoms with van der Waals surface area (Å²) in [7, 11) is 0. The maximum Gasteiger partial charge on any atom is 0.263 e. The van der Waals surface area contributed by atoms with Crippen molar-refractivity contribution in [1.29, 1.82) is 0 Å². The first-order valence-electron chi connectivity index (χ1n) is 5.97. The summed E-state index contributed by atoms with van der Waals surface area (Å²) in [4.78, 5) is 14.4. The summed E-state index contributed by atoms with van der Waals surface area (Å²) in [5.74, 6) is 0.711. The van der Waals surface area contributed by atoms with Crippen molar-refractivity contribution in [3.8, 4) is 11.5 Å². The fraction of sp³-hybridized carbons (Fsp3) is 0.462. The largest absolute Gasteiger partial charge is 0.454 e. The molecular weight excluding hydrogens is 256 g/mol. The van der Waals surface area contributed by atoms with Crippen molar-refractivity contribution in [3.05, 3.63) is 23.3 Å². The van der Waals surface area contributed by atoms with Gasteiger partial charge >= 0.3 is 0 Å². The molecule has 0 unspecified atom stereocenters. The van der Waals surface area contributed by atoms with Crippen LogP contribution < -0.4 is 9.47 Å². The molecule has 1 aliphatic heterocycles. The number of halogens is 2. The predicted molar refractivity (Wildman–Crippen MR) is 61.2 cm³/mol. The van der Waals surface area contributed by atoms with Crippen LogP contribution in [0, 0.1) is 0 Å². The zero-order chi connectivity index (χ0) is 13.5. The highest BCUT2D eigenvalue weighted by Crippen LogP contribution is 2.52. The molecule has 0 amide bonds. The fourth-order valence-corrected chi connectivity index (χ4v) is 2.54. The molecule has 1 aliphatic carbocycles. The molecule has 0 saturated heterocycles. The third-order valence-corrected chi connectivity index (χ3v) is 3.69. The molecule has 0 bridgehead atoms. The van der Waals surface area contributed by atoms with Gasteiger partial charge in [0.15, 0.2) is 11.5 Å². The highest BCUT2D eigenvalue weighted by molar-refractivity contribution is 5.56. The van der Waals surface area contributed by atoms with Gasteiger partial charge in [-0.1, -0.05) is 0 Å². The highest BCUT2D eigenvalue weighted by atomic mass is 19.3. The second kappa shape index (κ2) is 4.31. The van der Waals surface area contributed by atoms with Gasteiger partial charge in [-0.2, -0.15) is 4.99 Å². The lowest BCUT2D eigenvalue weighted by molar-refractivity contribution is 0.150. The van der Waals surface area contributed by atoms with Crippen LogP contribution in [0.2, 0.25) is 0 Å². The van der Waals surface area contributed by atoms with Crippen LogP contribution in [0.25, 0.3) is 0 Å². The van der Waals surface area contributed by atoms with E-state index in [1.165, 1.54) is 18.2 Å². The Bertz CT molecular complexity index is 563. The molecule has 1 aromatic carbocycles. The van der Waals surface area contributed by atoms with E-state index in [1.807, 2.05) is 0 Å². The number of hydrogen-bond donors (Lipinski definition) is 0. The molecule has 2 aliphatic rings. The molecule has 0 radical (unpaired) electrons. The van der Waals surface area contributed by atoms with Gasteiger partial charge in [0.2, 0.25) is 12.9 Å². The molecule has 3 rings (SSSR count). The Hall–Kier alpha value is -1.94. The van der Waals surface area contributed by atoms with Crippen LogP contribution in [0.5, 0.6) is 11.5 Å². The lowest BCUT2D eigenvalue weighted by atomic mass is 9.71. The number of nitrogens with zero attached hydrogens (tertiary/aromatic N) is 1. The Labute approximate surface area is 108 Å². The molecule has 0 atom stereocenters. The predicted octanol–water partition coefficient (Wildman–Crippen LogP) is 3.07. The number of rotatable bonds is 3. The van der Waals surface area contributed by atoms with E-state index < -0.39 is 12.0 Å². The number of ether oxygens (including phenoxy) is 2. The van der Waals surface area contributed by atoms with Crippen LogP contribution in [0.15, 0.2) is 17.1 Å². The van der Waals surface area contributed by atoms with E-state index in [2.05, 4.69) is 4.99 Å². The second-order valence-corrected chi connectivity index (χ2v) is 4.69. The summed E-state index contributed by atoms with van der Waals surface area (Å²) < 4.78 is 36.3. The summed E-state index contributed by atoms with van der Waals surface area (Å²) in [5.41, 5.74) is -0.413. The number of benzene rings is 1. The molecule has 0 N–H and O–H groups in total. The number of carbonyl (C=O) groups excluding carboxylic acids is 1. The van der Waals surface area contributed by atoms with Crippen molar-refractivity contribution in [3.63, 3.8) is 0 Å². The molecule has 1 fully saturated rings. The van der Waals surface area contributed by atoms with Crippen molar-refractivity contribution in [2.24, 2.45) is 4.99 Å². The van der Waals surface area contributed by atoms with Gasteiger partial charge in [-0.3, -0.25) is 0 Å². The molecule has 0 spiro atoms. The SMILES string of the molecule is O=C=NC1(c2cc(C(F)F)cc3c2OCO3)CCC1. The van der Waals surface area contributed by atoms with Crippen molar-refractivity contribution in [2.45, 2.75) is 31.2 Å². The second-order valence-electron chi connectivity index (χ2n) is 4.69. The monoisotopic (exact) mass is 267 g/mol. The number of hydrogen-bond acceptors (Lipinski definition) is 4. The lowest BCUT2D eigenvalue weighted by Gasteiger charge is -2.37. The highest BCUT2D eigenvalue weighted by Gasteiger charge is 2.43. The average molecular weight is 267 g/mol. The van der Waals surface area contributed by atoms with Gasteiger partial charge in [0, 0.05) is 11.1 Å². The maximum atomic E-state index is 12.9. The van der Waals surface area contributed by atoms with Crippen LogP contribution in [0.4, 0.5) is 8.78 Å². The van der Waals surface area contributed by atoms with E-state index in [1.54, 1.807) is 0 Å². The molecular formula is C13H11F2NO3. The Morgan fingerprint density at radius 1 is 1.32 bits per heavy atom. The van der Waals surface area contributed by atoms with Gasteiger partial charge in [-0.05, 0) is 31.4 Å². The average Bonchev–Trinajstić information content (AvgIpc) is 2.80. The van der Waals surface area contributed by atoms with Gasteiger partial charge in [0.1, 0.15) is 5.54 Å². The molecule has 0 aromatic heterocycles. The normalized spacial score (nSPS) is 18.9. The molecule has 19 heavy (non-hydrogen) atoms. The number of fused-ring (bicyclic) bond motifs is 1. The number of isocyanates is 1. The smallest absolute Gasteiger partial charge is 0.263 e. The quantitative estimate of drug-likeness (QED) is 0.624. The van der Waals surface area contributed by atoms with Gasteiger partial charge < -0.3 is 9.47 Å². The summed E-state index contributed by atoms with van der Waals surface area (Å²) in [6, 6.07) is 2.63. The Morgan fingerprint density at radius 3 is 2.68 bits per heavy atom. The van der Waals surface area contributed by atoms with E-state index in [4.69, 9.17) is 9.47 Å². The molecule has 1 saturated carbocycles. The minimum Gasteiger partial charge on any atom is -0.454 e. The van der Waals surface area contributed by atoms with E-state index in [0.29, 0.717) is 29.9 Å². The lowest BCUT2D eigenvalue weighted by Crippen LogP contribution is -2.32. The summed E-state index contributed by atoms with van der Waals surface area (Å²) in [6.07, 6.45) is 1.08. The maximum absolute atomic E-state index is 12.9. The molecule has 4 nitrogen and oxygen atoms in total. The standard InChI is InChI=1S/C13H11F2NO3/c14-12(15)8-4-9(11-10(5-8)18-7-19-11)13(16-6-17)2-1-3-13/h4-5,12H,1-3,7H2. The summed E-state index contributed by atoms with van der Waals surface area (Å²) >= 11 is 0. The van der Waals surface area contributed by atoms with Crippen LogP contribution in [-0.2, 0) is 10.3 Å². The minimum atomic E-state index is -2.61. The van der Waals surface area contributed by atoms with E-state index in [-0.39, 0.29) is 12.4 Å². The number of alkyl halides is 2. The van der Waals surface area contributed by atoms with Gasteiger partial charge in [0.25, 0.3) is 6.43 Å². The fourth-order valence-electron chi connectivity index (χ4n) is 2.54. The van der Waals surface area contributed by atoms with Crippen LogP contribution in [0.1, 0.15) is 36.8 Å². The third-order valence-electron chi connectivity index (χ3n) is 3.69. The zero-order valence-corrected chi connectivity index (χ0v) is 9.99. The Kier molecular flexibility index (Phi) is 2.75. The van der Waals surface area contributed by atoms with Crippen LogP contribution in [-0.4, -0.2) is 12.9 Å². The van der Waals surface area contributed by atoms with Crippen LogP contribution in [0.3, 0.4) is 0 Å². The molecule has 6 heteroatoms. The third kappa shape index (κ3) is 1.79. The Balaban J connectivity index is 2.16. The zero-order valence-electron chi connectivity index (χ0n) is 9.99. The first-order valence-corrected chi connectivity index (χ1v) is 5.97. The van der Waals surface area contributed by atoms with E-state index in [9.17, 15) is 13.6 Å². The topological polar surface area (TPSA) is 47.9 Å². The van der Waals surface area contributed by atoms with E-state index >= 15 is 0 Å². The summed E-state index contributed by atoms with van der Waals surface area (Å²) in [5, 5.41) is 0. The van der Waals surface area contributed by atoms with Crippen molar-refractivity contribution >= 4 is 6.08 Å². The van der Waals surface area contributed by atoms with Gasteiger partial charge in [0.05, 0.1) is 0 Å². The molecule has 1 aromatic rings. The molecule has 100 valence electrons. The molecule has 1 heterocycles. The van der Waals surface area contributed by atoms with Gasteiger partial charge in [-0.15, -0.1) is 0 Å². The summed E-state index contributed by atoms with van der Waals surface area (Å²) in [6.45, 7) is -0.00406. The minimum absolute atomic E-state index is 0.00406. The first-order chi connectivity index (χ1) is 9.16. The van der Waals surface area contributed by atoms with E-state index in [0.717, 1.165) is 6.42 Å². The van der Waals surface area contributed by atoms with Crippen molar-refractivity contribution in [1.82, 2.24) is 0 Å². The van der Waals surface area contributed by atoms with Gasteiger partial charge in [-0.25, -0.2) is 13.6 Å². The van der Waals surface area contributed by atoms with Crippen molar-refractivity contribution < 1.29 is 23.0 Å².